The first-order valence-electron chi connectivity index (χ1n) is 7.00. The lowest BCUT2D eigenvalue weighted by Gasteiger charge is -2.10. The second-order valence-corrected chi connectivity index (χ2v) is 7.39. The van der Waals surface area contributed by atoms with E-state index in [4.69, 9.17) is 4.74 Å². The Morgan fingerprint density at radius 2 is 1.83 bits per heavy atom. The summed E-state index contributed by atoms with van der Waals surface area (Å²) in [6.45, 7) is 0. The van der Waals surface area contributed by atoms with Crippen LogP contribution in [0.2, 0.25) is 0 Å². The number of methoxy groups -OCH3 is 1. The fraction of sp³-hybridized carbons (Fsp3) is 0.188. The zero-order valence-corrected chi connectivity index (χ0v) is 14.9. The maximum atomic E-state index is 12.5. The van der Waals surface area contributed by atoms with E-state index in [0.29, 0.717) is 22.9 Å². The quantitative estimate of drug-likeness (QED) is 0.787. The summed E-state index contributed by atoms with van der Waals surface area (Å²) < 4.78 is 32.4. The van der Waals surface area contributed by atoms with E-state index in [0.717, 1.165) is 0 Å². The number of hydrogen-bond donors (Lipinski definition) is 2. The Labute approximate surface area is 145 Å². The third-order valence-electron chi connectivity index (χ3n) is 3.05. The molecule has 2 aromatic rings. The van der Waals surface area contributed by atoms with Crippen LogP contribution in [0.5, 0.6) is 5.75 Å². The van der Waals surface area contributed by atoms with Gasteiger partial charge in [-0.25, -0.2) is 8.42 Å². The van der Waals surface area contributed by atoms with Crippen LogP contribution in [0.15, 0.2) is 53.4 Å². The third kappa shape index (κ3) is 4.90. The summed E-state index contributed by atoms with van der Waals surface area (Å²) in [5.74, 6) is 0.762. The molecule has 0 aliphatic rings. The number of thioether (sulfide) groups is 1. The molecule has 0 spiro atoms. The normalized spacial score (nSPS) is 10.9. The largest absolute Gasteiger partial charge is 0.497 e. The van der Waals surface area contributed by atoms with Crippen molar-refractivity contribution < 1.29 is 17.9 Å². The molecule has 1 amide bonds. The maximum absolute atomic E-state index is 12.5. The Morgan fingerprint density at radius 3 is 2.46 bits per heavy atom. The van der Waals surface area contributed by atoms with Crippen molar-refractivity contribution >= 4 is 39.1 Å². The Morgan fingerprint density at radius 1 is 1.12 bits per heavy atom. The zero-order chi connectivity index (χ0) is 17.6. The van der Waals surface area contributed by atoms with Crippen LogP contribution in [0.4, 0.5) is 11.4 Å². The number of carbonyl (C=O) groups excluding carboxylic acids is 1. The molecule has 0 saturated heterocycles. The molecular formula is C16H18N2O4S2. The Balaban J connectivity index is 2.17. The molecule has 2 aromatic carbocycles. The SMILES string of the molecule is COc1ccc(NS(=O)(=O)c2cccc(NC(=O)CSC)c2)cc1. The summed E-state index contributed by atoms with van der Waals surface area (Å²) in [6, 6.07) is 12.7. The molecule has 0 aromatic heterocycles. The van der Waals surface area contributed by atoms with E-state index in [1.165, 1.54) is 31.0 Å². The van der Waals surface area contributed by atoms with E-state index in [-0.39, 0.29) is 10.8 Å². The van der Waals surface area contributed by atoms with E-state index in [1.807, 2.05) is 6.26 Å². The van der Waals surface area contributed by atoms with Crippen molar-refractivity contribution in [2.24, 2.45) is 0 Å². The first-order valence-corrected chi connectivity index (χ1v) is 9.88. The molecule has 128 valence electrons. The predicted molar refractivity (Wildman–Crippen MR) is 97.3 cm³/mol. The molecule has 0 heterocycles. The summed E-state index contributed by atoms with van der Waals surface area (Å²) in [7, 11) is -2.21. The Hall–Kier alpha value is -2.19. The van der Waals surface area contributed by atoms with E-state index in [1.54, 1.807) is 36.4 Å². The molecule has 6 nitrogen and oxygen atoms in total. The number of ether oxygens (including phenoxy) is 1. The van der Waals surface area contributed by atoms with Gasteiger partial charge in [-0.05, 0) is 48.7 Å². The van der Waals surface area contributed by atoms with E-state index < -0.39 is 10.0 Å². The van der Waals surface area contributed by atoms with Gasteiger partial charge >= 0.3 is 0 Å². The van der Waals surface area contributed by atoms with Crippen molar-refractivity contribution in [2.75, 3.05) is 29.2 Å². The zero-order valence-electron chi connectivity index (χ0n) is 13.3. The second-order valence-electron chi connectivity index (χ2n) is 4.84. The molecule has 0 atom stereocenters. The first-order chi connectivity index (χ1) is 11.4. The molecule has 8 heteroatoms. The number of amides is 1. The number of benzene rings is 2. The predicted octanol–water partition coefficient (Wildman–Crippen LogP) is 2.80. The van der Waals surface area contributed by atoms with Gasteiger partial charge in [0.15, 0.2) is 0 Å². The van der Waals surface area contributed by atoms with Crippen LogP contribution in [-0.4, -0.2) is 33.4 Å². The highest BCUT2D eigenvalue weighted by molar-refractivity contribution is 7.99. The second kappa shape index (κ2) is 8.07. The van der Waals surface area contributed by atoms with Crippen LogP contribution in [0, 0.1) is 0 Å². The molecule has 0 saturated carbocycles. The van der Waals surface area contributed by atoms with Crippen molar-refractivity contribution in [1.82, 2.24) is 0 Å². The van der Waals surface area contributed by atoms with Crippen LogP contribution in [0.1, 0.15) is 0 Å². The highest BCUT2D eigenvalue weighted by Gasteiger charge is 2.15. The van der Waals surface area contributed by atoms with Gasteiger partial charge in [-0.15, -0.1) is 0 Å². The lowest BCUT2D eigenvalue weighted by molar-refractivity contribution is -0.113. The topological polar surface area (TPSA) is 84.5 Å². The van der Waals surface area contributed by atoms with Crippen LogP contribution >= 0.6 is 11.8 Å². The van der Waals surface area contributed by atoms with Crippen molar-refractivity contribution in [2.45, 2.75) is 4.90 Å². The molecule has 2 N–H and O–H groups in total. The van der Waals surface area contributed by atoms with Gasteiger partial charge in [-0.2, -0.15) is 11.8 Å². The van der Waals surface area contributed by atoms with Crippen LogP contribution < -0.4 is 14.8 Å². The van der Waals surface area contributed by atoms with Gasteiger partial charge in [0.25, 0.3) is 10.0 Å². The molecule has 0 radical (unpaired) electrons. The minimum Gasteiger partial charge on any atom is -0.497 e. The molecule has 0 bridgehead atoms. The number of hydrogen-bond acceptors (Lipinski definition) is 5. The summed E-state index contributed by atoms with van der Waals surface area (Å²) in [4.78, 5) is 11.7. The highest BCUT2D eigenvalue weighted by Crippen LogP contribution is 2.21. The number of carbonyl (C=O) groups is 1. The lowest BCUT2D eigenvalue weighted by Crippen LogP contribution is -2.16. The maximum Gasteiger partial charge on any atom is 0.261 e. The smallest absolute Gasteiger partial charge is 0.261 e. The third-order valence-corrected chi connectivity index (χ3v) is 4.98. The molecule has 0 aliphatic carbocycles. The number of anilines is 2. The minimum atomic E-state index is -3.75. The molecule has 24 heavy (non-hydrogen) atoms. The summed E-state index contributed by atoms with van der Waals surface area (Å²) in [6.07, 6.45) is 1.82. The fourth-order valence-corrected chi connectivity index (χ4v) is 3.38. The van der Waals surface area contributed by atoms with Crippen LogP contribution in [0.25, 0.3) is 0 Å². The summed E-state index contributed by atoms with van der Waals surface area (Å²) in [5, 5.41) is 2.67. The first kappa shape index (κ1) is 18.2. The van der Waals surface area contributed by atoms with Crippen molar-refractivity contribution in [3.05, 3.63) is 48.5 Å². The number of rotatable bonds is 7. The molecular weight excluding hydrogens is 348 g/mol. The average molecular weight is 366 g/mol. The monoisotopic (exact) mass is 366 g/mol. The summed E-state index contributed by atoms with van der Waals surface area (Å²) >= 11 is 1.39. The number of nitrogens with one attached hydrogen (secondary N) is 2. The minimum absolute atomic E-state index is 0.0697. The van der Waals surface area contributed by atoms with Gasteiger partial charge in [-0.1, -0.05) is 6.07 Å². The van der Waals surface area contributed by atoms with Gasteiger partial charge in [0.05, 0.1) is 17.8 Å². The molecule has 0 fully saturated rings. The molecule has 2 rings (SSSR count). The Bertz CT molecular complexity index is 805. The van der Waals surface area contributed by atoms with Crippen LogP contribution in [-0.2, 0) is 14.8 Å². The highest BCUT2D eigenvalue weighted by atomic mass is 32.2. The number of sulfonamides is 1. The van der Waals surface area contributed by atoms with E-state index in [2.05, 4.69) is 10.0 Å². The average Bonchev–Trinajstić information content (AvgIpc) is 2.55. The molecule has 0 unspecified atom stereocenters. The van der Waals surface area contributed by atoms with Crippen molar-refractivity contribution in [1.29, 1.82) is 0 Å². The standard InChI is InChI=1S/C16H18N2O4S2/c1-22-14-8-6-12(7-9-14)18-24(20,21)15-5-3-4-13(10-15)17-16(19)11-23-2/h3-10,18H,11H2,1-2H3,(H,17,19). The van der Waals surface area contributed by atoms with Crippen LogP contribution in [0.3, 0.4) is 0 Å². The lowest BCUT2D eigenvalue weighted by atomic mass is 10.3. The van der Waals surface area contributed by atoms with E-state index >= 15 is 0 Å². The van der Waals surface area contributed by atoms with E-state index in [9.17, 15) is 13.2 Å². The van der Waals surface area contributed by atoms with Gasteiger partial charge in [0.2, 0.25) is 5.91 Å². The Kier molecular flexibility index (Phi) is 6.10. The summed E-state index contributed by atoms with van der Waals surface area (Å²) in [5.41, 5.74) is 0.860. The fourth-order valence-electron chi connectivity index (χ4n) is 1.94. The van der Waals surface area contributed by atoms with Gasteiger partial charge < -0.3 is 10.1 Å². The van der Waals surface area contributed by atoms with Gasteiger partial charge in [-0.3, -0.25) is 9.52 Å². The van der Waals surface area contributed by atoms with Gasteiger partial charge in [0.1, 0.15) is 5.75 Å². The van der Waals surface area contributed by atoms with Crippen molar-refractivity contribution in [3.8, 4) is 5.75 Å². The molecule has 0 aliphatic heterocycles. The van der Waals surface area contributed by atoms with Gasteiger partial charge in [0, 0.05) is 11.4 Å². The van der Waals surface area contributed by atoms with Crippen molar-refractivity contribution in [3.63, 3.8) is 0 Å².